The third kappa shape index (κ3) is 3.27. The number of ether oxygens (including phenoxy) is 2. The molecule has 0 radical (unpaired) electrons. The highest BCUT2D eigenvalue weighted by atomic mass is 16.5. The molecule has 4 heteroatoms. The van der Waals surface area contributed by atoms with Gasteiger partial charge in [0.25, 0.3) is 0 Å². The summed E-state index contributed by atoms with van der Waals surface area (Å²) in [6, 6.07) is 12.1. The van der Waals surface area contributed by atoms with E-state index in [1.165, 1.54) is 0 Å². The molecule has 1 heterocycles. The summed E-state index contributed by atoms with van der Waals surface area (Å²) < 4.78 is 11.1. The van der Waals surface area contributed by atoms with E-state index in [-0.39, 0.29) is 12.1 Å². The number of benzene rings is 2. The van der Waals surface area contributed by atoms with Gasteiger partial charge in [0.15, 0.2) is 0 Å². The Morgan fingerprint density at radius 2 is 2.09 bits per heavy atom. The first-order valence-electron chi connectivity index (χ1n) is 7.95. The lowest BCUT2D eigenvalue weighted by Gasteiger charge is -2.30. The van der Waals surface area contributed by atoms with Crippen LogP contribution in [0.2, 0.25) is 0 Å². The van der Waals surface area contributed by atoms with Gasteiger partial charge in [0.2, 0.25) is 0 Å². The van der Waals surface area contributed by atoms with Gasteiger partial charge in [-0.1, -0.05) is 12.1 Å². The fraction of sp³-hybridized carbons (Fsp3) is 0.368. The second kappa shape index (κ2) is 6.50. The van der Waals surface area contributed by atoms with Crippen LogP contribution in [0.3, 0.4) is 0 Å². The quantitative estimate of drug-likeness (QED) is 0.899. The van der Waals surface area contributed by atoms with E-state index in [1.54, 1.807) is 7.11 Å². The van der Waals surface area contributed by atoms with Crippen LogP contribution in [0.4, 0.5) is 0 Å². The number of phenols is 1. The number of methoxy groups -OCH3 is 1. The van der Waals surface area contributed by atoms with E-state index < -0.39 is 0 Å². The molecule has 2 atom stereocenters. The van der Waals surface area contributed by atoms with Gasteiger partial charge >= 0.3 is 0 Å². The number of phenolic OH excluding ortho intramolecular Hbond substituents is 1. The minimum atomic E-state index is 0.128. The highest BCUT2D eigenvalue weighted by molar-refractivity contribution is 5.44. The highest BCUT2D eigenvalue weighted by Crippen LogP contribution is 2.36. The van der Waals surface area contributed by atoms with Crippen molar-refractivity contribution in [3.8, 4) is 17.2 Å². The first-order valence-corrected chi connectivity index (χ1v) is 7.95. The maximum Gasteiger partial charge on any atom is 0.124 e. The van der Waals surface area contributed by atoms with Gasteiger partial charge in [0.1, 0.15) is 17.2 Å². The summed E-state index contributed by atoms with van der Waals surface area (Å²) in [7, 11) is 1.67. The summed E-state index contributed by atoms with van der Waals surface area (Å²) in [5.41, 5.74) is 3.09. The Hall–Kier alpha value is -2.20. The second-order valence-corrected chi connectivity index (χ2v) is 6.03. The van der Waals surface area contributed by atoms with Crippen LogP contribution >= 0.6 is 0 Å². The predicted molar refractivity (Wildman–Crippen MR) is 90.2 cm³/mol. The van der Waals surface area contributed by atoms with Crippen molar-refractivity contribution in [2.45, 2.75) is 32.4 Å². The van der Waals surface area contributed by atoms with Crippen LogP contribution in [-0.4, -0.2) is 18.8 Å². The van der Waals surface area contributed by atoms with Crippen LogP contribution < -0.4 is 14.8 Å². The van der Waals surface area contributed by atoms with Crippen LogP contribution in [0.1, 0.15) is 42.1 Å². The maximum absolute atomic E-state index is 9.92. The fourth-order valence-corrected chi connectivity index (χ4v) is 2.97. The molecule has 0 spiro atoms. The van der Waals surface area contributed by atoms with Gasteiger partial charge in [-0.3, -0.25) is 0 Å². The van der Waals surface area contributed by atoms with Crippen LogP contribution in [0.25, 0.3) is 0 Å². The number of hydrogen-bond acceptors (Lipinski definition) is 4. The molecular formula is C19H23NO3. The van der Waals surface area contributed by atoms with E-state index >= 15 is 0 Å². The number of hydrogen-bond donors (Lipinski definition) is 2. The summed E-state index contributed by atoms with van der Waals surface area (Å²) in [5, 5.41) is 13.6. The molecular weight excluding hydrogens is 290 g/mol. The van der Waals surface area contributed by atoms with Crippen molar-refractivity contribution in [3.63, 3.8) is 0 Å². The zero-order chi connectivity index (χ0) is 16.4. The third-order valence-corrected chi connectivity index (χ3v) is 4.44. The molecule has 0 bridgehead atoms. The van der Waals surface area contributed by atoms with Crippen molar-refractivity contribution in [1.82, 2.24) is 5.32 Å². The van der Waals surface area contributed by atoms with E-state index in [4.69, 9.17) is 9.47 Å². The van der Waals surface area contributed by atoms with E-state index in [2.05, 4.69) is 18.3 Å². The van der Waals surface area contributed by atoms with Crippen LogP contribution in [-0.2, 0) is 0 Å². The normalized spacial score (nSPS) is 18.0. The van der Waals surface area contributed by atoms with Crippen molar-refractivity contribution >= 4 is 0 Å². The minimum Gasteiger partial charge on any atom is -0.508 e. The Balaban J connectivity index is 1.82. The fourth-order valence-electron chi connectivity index (χ4n) is 2.97. The van der Waals surface area contributed by atoms with Crippen molar-refractivity contribution in [2.24, 2.45) is 0 Å². The molecule has 23 heavy (non-hydrogen) atoms. The number of aromatic hydroxyl groups is 1. The van der Waals surface area contributed by atoms with Crippen LogP contribution in [0, 0.1) is 6.92 Å². The topological polar surface area (TPSA) is 50.7 Å². The molecule has 0 saturated carbocycles. The lowest BCUT2D eigenvalue weighted by molar-refractivity contribution is 0.245. The molecule has 0 aromatic heterocycles. The average Bonchev–Trinajstić information content (AvgIpc) is 2.57. The second-order valence-electron chi connectivity index (χ2n) is 6.03. The van der Waals surface area contributed by atoms with Gasteiger partial charge in [-0.05, 0) is 49.2 Å². The van der Waals surface area contributed by atoms with Crippen molar-refractivity contribution in [2.75, 3.05) is 13.7 Å². The predicted octanol–water partition coefficient (Wildman–Crippen LogP) is 3.88. The molecule has 2 N–H and O–H groups in total. The smallest absolute Gasteiger partial charge is 0.124 e. The molecule has 0 fully saturated rings. The highest BCUT2D eigenvalue weighted by Gasteiger charge is 2.24. The molecule has 2 aromatic carbocycles. The SMILES string of the molecule is COc1ccc2c(c1)[C@@H](NC(C)c1ccc(C)c(O)c1)CCO2. The van der Waals surface area contributed by atoms with Gasteiger partial charge in [-0.2, -0.15) is 0 Å². The first kappa shape index (κ1) is 15.7. The molecule has 4 nitrogen and oxygen atoms in total. The van der Waals surface area contributed by atoms with Gasteiger partial charge in [-0.25, -0.2) is 0 Å². The Morgan fingerprint density at radius 3 is 2.83 bits per heavy atom. The van der Waals surface area contributed by atoms with E-state index in [0.717, 1.165) is 34.6 Å². The average molecular weight is 313 g/mol. The maximum atomic E-state index is 9.92. The number of fused-ring (bicyclic) bond motifs is 1. The molecule has 0 aliphatic carbocycles. The van der Waals surface area contributed by atoms with Crippen LogP contribution in [0.5, 0.6) is 17.2 Å². The molecule has 122 valence electrons. The number of nitrogens with one attached hydrogen (secondary N) is 1. The summed E-state index contributed by atoms with van der Waals surface area (Å²) >= 11 is 0. The lowest BCUT2D eigenvalue weighted by Crippen LogP contribution is -2.29. The van der Waals surface area contributed by atoms with E-state index in [0.29, 0.717) is 12.4 Å². The Kier molecular flexibility index (Phi) is 4.44. The lowest BCUT2D eigenvalue weighted by atomic mass is 9.97. The van der Waals surface area contributed by atoms with E-state index in [1.807, 2.05) is 37.3 Å². The largest absolute Gasteiger partial charge is 0.508 e. The van der Waals surface area contributed by atoms with Gasteiger partial charge in [-0.15, -0.1) is 0 Å². The van der Waals surface area contributed by atoms with Crippen molar-refractivity contribution in [1.29, 1.82) is 0 Å². The van der Waals surface area contributed by atoms with E-state index in [9.17, 15) is 5.11 Å². The molecule has 0 saturated heterocycles. The zero-order valence-electron chi connectivity index (χ0n) is 13.8. The Labute approximate surface area is 137 Å². The monoisotopic (exact) mass is 313 g/mol. The summed E-state index contributed by atoms with van der Waals surface area (Å²) in [4.78, 5) is 0. The number of aryl methyl sites for hydroxylation is 1. The van der Waals surface area contributed by atoms with Crippen molar-refractivity contribution < 1.29 is 14.6 Å². The molecule has 1 aliphatic rings. The van der Waals surface area contributed by atoms with Crippen LogP contribution in [0.15, 0.2) is 36.4 Å². The summed E-state index contributed by atoms with van der Waals surface area (Å²) in [5.74, 6) is 2.08. The molecule has 0 amide bonds. The Morgan fingerprint density at radius 1 is 1.26 bits per heavy atom. The molecule has 1 aliphatic heterocycles. The zero-order valence-corrected chi connectivity index (χ0v) is 13.8. The number of rotatable bonds is 4. The minimum absolute atomic E-state index is 0.128. The van der Waals surface area contributed by atoms with Gasteiger partial charge < -0.3 is 19.9 Å². The molecule has 3 rings (SSSR count). The van der Waals surface area contributed by atoms with Crippen molar-refractivity contribution in [3.05, 3.63) is 53.1 Å². The summed E-state index contributed by atoms with van der Waals surface area (Å²) in [6.07, 6.45) is 0.905. The van der Waals surface area contributed by atoms with Gasteiger partial charge in [0.05, 0.1) is 13.7 Å². The molecule has 2 aromatic rings. The Bertz CT molecular complexity index is 699. The third-order valence-electron chi connectivity index (χ3n) is 4.44. The van der Waals surface area contributed by atoms with Gasteiger partial charge in [0, 0.05) is 24.1 Å². The molecule has 1 unspecified atom stereocenters. The summed E-state index contributed by atoms with van der Waals surface area (Å²) in [6.45, 7) is 4.71. The first-order chi connectivity index (χ1) is 11.1. The standard InChI is InChI=1S/C19H23NO3/c1-12-4-5-14(10-18(12)21)13(2)20-17-8-9-23-19-7-6-15(22-3)11-16(17)19/h4-7,10-11,13,17,20-21H,8-9H2,1-3H3/t13?,17-/m0/s1.